The van der Waals surface area contributed by atoms with Crippen LogP contribution in [0.4, 0.5) is 0 Å². The third-order valence-corrected chi connectivity index (χ3v) is 0. The van der Waals surface area contributed by atoms with Gasteiger partial charge in [-0.25, -0.2) is 0 Å². The monoisotopic (exact) mass is 289 g/mol. The van der Waals surface area contributed by atoms with E-state index in [0.29, 0.717) is 0 Å². The Morgan fingerprint density at radius 3 is 1.00 bits per heavy atom. The molecule has 0 atom stereocenters. The summed E-state index contributed by atoms with van der Waals surface area (Å²) in [6, 6.07) is 0. The third-order valence-electron chi connectivity index (χ3n) is 0. The predicted molar refractivity (Wildman–Crippen MR) is 21.2 cm³/mol. The Morgan fingerprint density at radius 2 is 1.00 bits per heavy atom. The van der Waals surface area contributed by atoms with E-state index in [1.54, 1.807) is 0 Å². The molecule has 0 saturated heterocycles. The van der Waals surface area contributed by atoms with Gasteiger partial charge in [-0.15, -0.1) is 0 Å². The van der Waals surface area contributed by atoms with Crippen LogP contribution in [0.15, 0.2) is 0 Å². The molecular weight excluding hydrogens is 289 g/mol. The fraction of sp³-hybridized carbons (Fsp3) is 0. The summed E-state index contributed by atoms with van der Waals surface area (Å²) in [7, 11) is 14.8. The first-order valence-electron chi connectivity index (χ1n) is 0.401. The summed E-state index contributed by atoms with van der Waals surface area (Å²) in [6.07, 6.45) is 0. The predicted octanol–water partition coefficient (Wildman–Crippen LogP) is 1.24. The van der Waals surface area contributed by atoms with E-state index < -0.39 is 13.0 Å². The van der Waals surface area contributed by atoms with Gasteiger partial charge in [0, 0.05) is 19.5 Å². The van der Waals surface area contributed by atoms with E-state index in [9.17, 15) is 0 Å². The summed E-state index contributed by atoms with van der Waals surface area (Å²) in [4.78, 5) is 0. The Labute approximate surface area is 66.4 Å². The van der Waals surface area contributed by atoms with E-state index >= 15 is 0 Å². The summed E-state index contributed by atoms with van der Waals surface area (Å²) < 4.78 is 0. The molecule has 0 aliphatic carbocycles. The molecule has 0 aromatic heterocycles. The summed E-state index contributed by atoms with van der Waals surface area (Å²) in [5.74, 6) is 0. The van der Waals surface area contributed by atoms with Crippen molar-refractivity contribution in [2.45, 2.75) is 0 Å². The largest absolute Gasteiger partial charge is 0 e. The van der Waals surface area contributed by atoms with Crippen molar-refractivity contribution in [3.8, 4) is 0 Å². The third kappa shape index (κ3) is 36.3. The van der Waals surface area contributed by atoms with Crippen molar-refractivity contribution in [3.63, 3.8) is 0 Å². The van der Waals surface area contributed by atoms with Crippen LogP contribution in [0.3, 0.4) is 0 Å². The van der Waals surface area contributed by atoms with E-state index in [2.05, 4.69) is 0 Å². The van der Waals surface area contributed by atoms with Crippen LogP contribution in [0.5, 0.6) is 0 Å². The maximum Gasteiger partial charge on any atom is 0 e. The Bertz CT molecular complexity index is 15.5. The van der Waals surface area contributed by atoms with Gasteiger partial charge in [0.05, 0.1) is 0 Å². The van der Waals surface area contributed by atoms with Crippen LogP contribution in [0.1, 0.15) is 0 Å². The van der Waals surface area contributed by atoms with Crippen molar-refractivity contribution in [3.05, 3.63) is 0 Å². The van der Waals surface area contributed by atoms with Crippen LogP contribution in [0, 0.1) is 0 Å². The van der Waals surface area contributed by atoms with Crippen molar-refractivity contribution in [1.29, 1.82) is 0 Å². The van der Waals surface area contributed by atoms with Gasteiger partial charge in [0.2, 0.25) is 0 Å². The molecule has 2 N–H and O–H groups in total. The van der Waals surface area contributed by atoms with Crippen molar-refractivity contribution in [1.82, 2.24) is 0 Å². The maximum atomic E-state index is 4.95. The molecule has 0 radical (unpaired) electrons. The summed E-state index contributed by atoms with van der Waals surface area (Å²) >= 11 is -1.75. The summed E-state index contributed by atoms with van der Waals surface area (Å²) in [5.41, 5.74) is 0. The fourth-order valence-electron chi connectivity index (χ4n) is 0. The minimum absolute atomic E-state index is 0. The molecule has 39 valence electrons. The number of rotatable bonds is 0. The SMILES string of the molecule is O.[Cl][Ru]([Cl])[Cl].[Zn]. The van der Waals surface area contributed by atoms with Gasteiger partial charge >= 0.3 is 42.1 Å². The van der Waals surface area contributed by atoms with Crippen molar-refractivity contribution in [2.75, 3.05) is 0 Å². The zero-order valence-electron chi connectivity index (χ0n) is 2.69. The molecular formula is H2Cl3ORuZn. The van der Waals surface area contributed by atoms with Crippen molar-refractivity contribution < 1.29 is 37.9 Å². The van der Waals surface area contributed by atoms with E-state index in [1.807, 2.05) is 0 Å². The molecule has 0 unspecified atom stereocenters. The molecule has 0 saturated carbocycles. The van der Waals surface area contributed by atoms with Gasteiger partial charge in [0.15, 0.2) is 0 Å². The first-order chi connectivity index (χ1) is 1.73. The Kier molecular flexibility index (Phi) is 26.5. The number of halogens is 3. The molecule has 0 rings (SSSR count). The molecule has 0 aliphatic rings. The minimum atomic E-state index is -1.75. The molecule has 0 fully saturated rings. The maximum absolute atomic E-state index is 4.95. The van der Waals surface area contributed by atoms with Gasteiger partial charge in [0.25, 0.3) is 0 Å². The number of hydrogen-bond acceptors (Lipinski definition) is 0. The van der Waals surface area contributed by atoms with Crippen LogP contribution in [-0.4, -0.2) is 5.48 Å². The van der Waals surface area contributed by atoms with E-state index in [0.717, 1.165) is 0 Å². The number of hydrogen-bond donors (Lipinski definition) is 0. The Balaban J connectivity index is -0.0000000450. The second-order valence-electron chi connectivity index (χ2n) is 0.152. The van der Waals surface area contributed by atoms with E-state index in [-0.39, 0.29) is 25.0 Å². The first kappa shape index (κ1) is 15.7. The van der Waals surface area contributed by atoms with Crippen molar-refractivity contribution in [2.24, 2.45) is 0 Å². The van der Waals surface area contributed by atoms with Gasteiger partial charge in [-0.1, -0.05) is 0 Å². The first-order valence-corrected chi connectivity index (χ1v) is 7.12. The second-order valence-corrected chi connectivity index (χ2v) is 8.07. The zero-order chi connectivity index (χ0) is 3.58. The molecule has 0 aromatic carbocycles. The van der Waals surface area contributed by atoms with Crippen molar-refractivity contribution >= 4 is 29.1 Å². The Hall–Kier alpha value is 2.08. The molecule has 0 bridgehead atoms. The molecule has 0 aliphatic heterocycles. The van der Waals surface area contributed by atoms with Gasteiger partial charge in [0.1, 0.15) is 0 Å². The average Bonchev–Trinajstić information content (AvgIpc) is 0.811. The van der Waals surface area contributed by atoms with Crippen LogP contribution < -0.4 is 0 Å². The summed E-state index contributed by atoms with van der Waals surface area (Å²) in [5, 5.41) is 0. The normalized spacial score (nSPS) is 7.50. The van der Waals surface area contributed by atoms with Crippen LogP contribution in [0.2, 0.25) is 0 Å². The van der Waals surface area contributed by atoms with E-state index in [4.69, 9.17) is 29.1 Å². The van der Waals surface area contributed by atoms with Gasteiger partial charge in [-0.2, -0.15) is 0 Å². The average molecular weight is 291 g/mol. The Morgan fingerprint density at radius 1 is 1.00 bits per heavy atom. The minimum Gasteiger partial charge on any atom is 0 e. The quantitative estimate of drug-likeness (QED) is 0.601. The van der Waals surface area contributed by atoms with Crippen LogP contribution in [-0.2, 0) is 32.5 Å². The molecule has 6 heteroatoms. The van der Waals surface area contributed by atoms with Gasteiger partial charge < -0.3 is 5.48 Å². The van der Waals surface area contributed by atoms with Crippen LogP contribution >= 0.6 is 29.1 Å². The molecule has 0 amide bonds. The summed E-state index contributed by atoms with van der Waals surface area (Å²) in [6.45, 7) is 0. The fourth-order valence-corrected chi connectivity index (χ4v) is 0. The smallest absolute Gasteiger partial charge is 0 e. The van der Waals surface area contributed by atoms with E-state index in [1.165, 1.54) is 0 Å². The van der Waals surface area contributed by atoms with Crippen LogP contribution in [0.25, 0.3) is 0 Å². The molecule has 0 heterocycles. The molecule has 0 aromatic rings. The second kappa shape index (κ2) is 10.1. The standard InChI is InChI=1S/3ClH.H2O.Ru.Zn/h3*1H;1H2;;/q;;;;+3;/p-3. The molecule has 1 nitrogen and oxygen atoms in total. The topological polar surface area (TPSA) is 31.5 Å². The zero-order valence-corrected chi connectivity index (χ0v) is 9.67. The molecule has 6 heavy (non-hydrogen) atoms. The van der Waals surface area contributed by atoms with Gasteiger partial charge in [-0.3, -0.25) is 0 Å². The van der Waals surface area contributed by atoms with Gasteiger partial charge in [-0.05, 0) is 0 Å². The molecule has 0 spiro atoms.